The summed E-state index contributed by atoms with van der Waals surface area (Å²) in [4.78, 5) is 11.8. The fourth-order valence-electron chi connectivity index (χ4n) is 2.99. The molecule has 0 amide bonds. The number of carbonyl (C=O) groups excluding carboxylic acids is 1. The summed E-state index contributed by atoms with van der Waals surface area (Å²) in [6.07, 6.45) is 10.1. The number of rotatable bonds is 6. The minimum absolute atomic E-state index is 0.0197. The molecule has 0 radical (unpaired) electrons. The van der Waals surface area contributed by atoms with E-state index in [2.05, 4.69) is 6.08 Å². The maximum atomic E-state index is 11.8. The number of hydrogen-bond acceptors (Lipinski definition) is 5. The highest BCUT2D eigenvalue weighted by Crippen LogP contribution is 2.27. The Hall–Kier alpha value is -3.02. The number of allylic oxidation sites excluding steroid dienone is 2. The molecule has 1 aliphatic carbocycles. The minimum Gasteiger partial charge on any atom is -0.500 e. The Balaban J connectivity index is 1.87. The third-order valence-corrected chi connectivity index (χ3v) is 4.48. The number of esters is 1. The van der Waals surface area contributed by atoms with E-state index in [0.29, 0.717) is 5.75 Å². The summed E-state index contributed by atoms with van der Waals surface area (Å²) in [7, 11) is 2.74. The van der Waals surface area contributed by atoms with Crippen molar-refractivity contribution in [2.24, 2.45) is 0 Å². The third-order valence-electron chi connectivity index (χ3n) is 4.48. The van der Waals surface area contributed by atoms with Crippen molar-refractivity contribution in [1.29, 1.82) is 0 Å². The van der Waals surface area contributed by atoms with Crippen LogP contribution in [0.15, 0.2) is 48.6 Å². The molecule has 0 bridgehead atoms. The van der Waals surface area contributed by atoms with Gasteiger partial charge in [0.15, 0.2) is 0 Å². The predicted molar refractivity (Wildman–Crippen MR) is 102 cm³/mol. The van der Waals surface area contributed by atoms with Crippen LogP contribution in [0.1, 0.15) is 36.9 Å². The lowest BCUT2D eigenvalue weighted by molar-refractivity contribution is -0.138. The molecule has 0 saturated heterocycles. The van der Waals surface area contributed by atoms with Crippen molar-refractivity contribution in [3.05, 3.63) is 59.8 Å². The van der Waals surface area contributed by atoms with Crippen LogP contribution >= 0.6 is 0 Å². The Morgan fingerprint density at radius 1 is 1.22 bits per heavy atom. The van der Waals surface area contributed by atoms with Crippen LogP contribution in [-0.2, 0) is 14.3 Å². The van der Waals surface area contributed by atoms with Crippen molar-refractivity contribution in [2.45, 2.75) is 32.6 Å². The third kappa shape index (κ3) is 4.39. The zero-order valence-electron chi connectivity index (χ0n) is 15.9. The van der Waals surface area contributed by atoms with Crippen molar-refractivity contribution < 1.29 is 19.0 Å². The van der Waals surface area contributed by atoms with Gasteiger partial charge >= 0.3 is 5.97 Å². The van der Waals surface area contributed by atoms with Gasteiger partial charge in [-0.1, -0.05) is 12.1 Å². The van der Waals surface area contributed by atoms with E-state index >= 15 is 0 Å². The molecular weight excluding hydrogens is 344 g/mol. The lowest BCUT2D eigenvalue weighted by atomic mass is 9.97. The zero-order chi connectivity index (χ0) is 19.2. The fourth-order valence-corrected chi connectivity index (χ4v) is 2.99. The molecule has 0 spiro atoms. The molecule has 0 unspecified atom stereocenters. The molecule has 1 aromatic carbocycles. The van der Waals surface area contributed by atoms with Crippen LogP contribution in [0.2, 0.25) is 0 Å². The number of aromatic nitrogens is 2. The molecule has 1 heterocycles. The lowest BCUT2D eigenvalue weighted by Crippen LogP contribution is -2.12. The normalized spacial score (nSPS) is 14.5. The second-order valence-corrected chi connectivity index (χ2v) is 6.38. The summed E-state index contributed by atoms with van der Waals surface area (Å²) in [5.74, 6) is -0.0869. The molecular formula is C21H24N2O4. The standard InChI is InChI=1S/C21H24N2O4/c1-15-9-10-17(13-19(15)27-20(14-25-2)21(24)26-3)23-12-11-18(22-23)16-7-5-4-6-8-16/h7,9-14H,4-6,8H2,1-3H3/b20-14-. The van der Waals surface area contributed by atoms with Gasteiger partial charge < -0.3 is 14.2 Å². The van der Waals surface area contributed by atoms with Gasteiger partial charge in [-0.15, -0.1) is 0 Å². The Labute approximate surface area is 159 Å². The van der Waals surface area contributed by atoms with Crippen LogP contribution in [-0.4, -0.2) is 30.0 Å². The van der Waals surface area contributed by atoms with E-state index in [1.807, 2.05) is 42.1 Å². The number of aryl methyl sites for hydroxylation is 1. The average molecular weight is 368 g/mol. The van der Waals surface area contributed by atoms with Gasteiger partial charge in [0.25, 0.3) is 0 Å². The summed E-state index contributed by atoms with van der Waals surface area (Å²) in [6, 6.07) is 7.76. The number of methoxy groups -OCH3 is 2. The van der Waals surface area contributed by atoms with Gasteiger partial charge in [-0.2, -0.15) is 5.10 Å². The Morgan fingerprint density at radius 3 is 2.78 bits per heavy atom. The van der Waals surface area contributed by atoms with Crippen LogP contribution in [0.3, 0.4) is 0 Å². The van der Waals surface area contributed by atoms with Crippen molar-refractivity contribution in [1.82, 2.24) is 9.78 Å². The minimum atomic E-state index is -0.604. The van der Waals surface area contributed by atoms with Gasteiger partial charge in [-0.3, -0.25) is 0 Å². The Morgan fingerprint density at radius 2 is 2.07 bits per heavy atom. The smallest absolute Gasteiger partial charge is 0.377 e. The number of benzene rings is 1. The molecule has 0 saturated carbocycles. The molecule has 6 nitrogen and oxygen atoms in total. The highest BCUT2D eigenvalue weighted by Gasteiger charge is 2.16. The van der Waals surface area contributed by atoms with Crippen LogP contribution in [0.5, 0.6) is 5.75 Å². The van der Waals surface area contributed by atoms with Gasteiger partial charge in [0.05, 0.1) is 25.6 Å². The molecule has 0 N–H and O–H groups in total. The topological polar surface area (TPSA) is 62.6 Å². The first-order valence-corrected chi connectivity index (χ1v) is 8.97. The van der Waals surface area contributed by atoms with Gasteiger partial charge in [0.1, 0.15) is 12.0 Å². The predicted octanol–water partition coefficient (Wildman–Crippen LogP) is 4.18. The summed E-state index contributed by atoms with van der Waals surface area (Å²) in [5.41, 5.74) is 4.04. The molecule has 142 valence electrons. The Kier molecular flexibility index (Phi) is 5.96. The molecule has 27 heavy (non-hydrogen) atoms. The van der Waals surface area contributed by atoms with E-state index in [1.54, 1.807) is 0 Å². The van der Waals surface area contributed by atoms with Crippen molar-refractivity contribution in [3.8, 4) is 11.4 Å². The summed E-state index contributed by atoms with van der Waals surface area (Å²) >= 11 is 0. The lowest BCUT2D eigenvalue weighted by Gasteiger charge is -2.12. The molecule has 1 aliphatic rings. The van der Waals surface area contributed by atoms with Gasteiger partial charge in [0, 0.05) is 12.3 Å². The van der Waals surface area contributed by atoms with E-state index in [-0.39, 0.29) is 5.76 Å². The van der Waals surface area contributed by atoms with E-state index in [0.717, 1.165) is 29.8 Å². The Bertz CT molecular complexity index is 880. The first-order chi connectivity index (χ1) is 13.1. The van der Waals surface area contributed by atoms with E-state index in [9.17, 15) is 4.79 Å². The SMILES string of the molecule is CO/C=C(\Oc1cc(-n2ccc(C3=CCCCC3)n2)ccc1C)C(=O)OC. The summed E-state index contributed by atoms with van der Waals surface area (Å²) in [5, 5.41) is 4.70. The molecule has 0 fully saturated rings. The van der Waals surface area contributed by atoms with Crippen molar-refractivity contribution in [3.63, 3.8) is 0 Å². The second kappa shape index (κ2) is 8.58. The molecule has 3 rings (SSSR count). The van der Waals surface area contributed by atoms with Crippen LogP contribution < -0.4 is 4.74 Å². The second-order valence-electron chi connectivity index (χ2n) is 6.38. The number of nitrogens with zero attached hydrogens (tertiary/aromatic N) is 2. The van der Waals surface area contributed by atoms with Gasteiger partial charge in [-0.05, 0) is 55.9 Å². The van der Waals surface area contributed by atoms with E-state index in [4.69, 9.17) is 19.3 Å². The number of hydrogen-bond donors (Lipinski definition) is 0. The molecule has 6 heteroatoms. The largest absolute Gasteiger partial charge is 0.500 e. The highest BCUT2D eigenvalue weighted by molar-refractivity contribution is 5.86. The molecule has 0 atom stereocenters. The quantitative estimate of drug-likeness (QED) is 0.435. The van der Waals surface area contributed by atoms with Gasteiger partial charge in [-0.25, -0.2) is 9.48 Å². The summed E-state index contributed by atoms with van der Waals surface area (Å²) in [6.45, 7) is 1.90. The first kappa shape index (κ1) is 18.8. The van der Waals surface area contributed by atoms with Crippen LogP contribution in [0, 0.1) is 6.92 Å². The molecule has 2 aromatic rings. The number of ether oxygens (including phenoxy) is 3. The highest BCUT2D eigenvalue weighted by atomic mass is 16.6. The first-order valence-electron chi connectivity index (χ1n) is 8.97. The summed E-state index contributed by atoms with van der Waals surface area (Å²) < 4.78 is 17.2. The monoisotopic (exact) mass is 368 g/mol. The fraction of sp³-hybridized carbons (Fsp3) is 0.333. The number of carbonyl (C=O) groups is 1. The zero-order valence-corrected chi connectivity index (χ0v) is 15.9. The van der Waals surface area contributed by atoms with Crippen LogP contribution in [0.4, 0.5) is 0 Å². The van der Waals surface area contributed by atoms with Crippen molar-refractivity contribution >= 4 is 11.5 Å². The van der Waals surface area contributed by atoms with Gasteiger partial charge in [0.2, 0.25) is 5.76 Å². The maximum Gasteiger partial charge on any atom is 0.377 e. The molecule has 0 aliphatic heterocycles. The van der Waals surface area contributed by atoms with E-state index in [1.165, 1.54) is 38.9 Å². The van der Waals surface area contributed by atoms with E-state index < -0.39 is 5.97 Å². The molecule has 1 aromatic heterocycles. The average Bonchev–Trinajstić information content (AvgIpc) is 3.19. The van der Waals surface area contributed by atoms with Crippen LogP contribution in [0.25, 0.3) is 11.3 Å². The maximum absolute atomic E-state index is 11.8. The van der Waals surface area contributed by atoms with Crippen molar-refractivity contribution in [2.75, 3.05) is 14.2 Å².